The van der Waals surface area contributed by atoms with Gasteiger partial charge in [0.2, 0.25) is 5.82 Å². The maximum absolute atomic E-state index is 13.5. The van der Waals surface area contributed by atoms with Crippen LogP contribution in [-0.4, -0.2) is 25.4 Å². The monoisotopic (exact) mass is 297 g/mol. The lowest BCUT2D eigenvalue weighted by atomic mass is 9.99. The van der Waals surface area contributed by atoms with E-state index >= 15 is 0 Å². The summed E-state index contributed by atoms with van der Waals surface area (Å²) in [4.78, 5) is 0. The van der Waals surface area contributed by atoms with Crippen LogP contribution in [0.5, 0.6) is 5.75 Å². The number of halogens is 2. The van der Waals surface area contributed by atoms with Crippen molar-refractivity contribution in [1.82, 2.24) is 5.32 Å². The average Bonchev–Trinajstić information content (AvgIpc) is 3.30. The van der Waals surface area contributed by atoms with Crippen molar-refractivity contribution >= 4 is 0 Å². The predicted molar refractivity (Wildman–Crippen MR) is 75.3 cm³/mol. The number of hydrogen-bond acceptors (Lipinski definition) is 3. The molecule has 1 atom stereocenters. The molecule has 1 heterocycles. The van der Waals surface area contributed by atoms with Gasteiger partial charge in [0.25, 0.3) is 0 Å². The zero-order chi connectivity index (χ0) is 14.9. The summed E-state index contributed by atoms with van der Waals surface area (Å²) in [5.41, 5.74) is 0.714. The lowest BCUT2D eigenvalue weighted by molar-refractivity contribution is -0.0155. The zero-order valence-corrected chi connectivity index (χ0v) is 12.3. The smallest absolute Gasteiger partial charge is 0.200 e. The molecule has 0 amide bonds. The van der Waals surface area contributed by atoms with E-state index < -0.39 is 11.6 Å². The normalized spacial score (nSPS) is 23.9. The molecule has 0 spiro atoms. The number of hydrogen-bond donors (Lipinski definition) is 1. The highest BCUT2D eigenvalue weighted by atomic mass is 19.2. The van der Waals surface area contributed by atoms with Crippen molar-refractivity contribution in [3.8, 4) is 5.75 Å². The van der Waals surface area contributed by atoms with E-state index in [1.807, 2.05) is 0 Å². The van der Waals surface area contributed by atoms with Gasteiger partial charge in [-0.25, -0.2) is 4.39 Å². The van der Waals surface area contributed by atoms with Gasteiger partial charge in [-0.1, -0.05) is 0 Å². The zero-order valence-electron chi connectivity index (χ0n) is 12.3. The maximum Gasteiger partial charge on any atom is 0.200 e. The molecule has 0 bridgehead atoms. The molecule has 1 N–H and O–H groups in total. The Morgan fingerprint density at radius 2 is 2.14 bits per heavy atom. The standard InChI is InChI=1S/C16H21F2NO2/c1-20-13-9-11(8-12(17)15(13)18)10-19-16(5-6-16)14-4-2-3-7-21-14/h8-9,14,19H,2-7,10H2,1H3. The Hall–Kier alpha value is -1.20. The first-order valence-corrected chi connectivity index (χ1v) is 7.53. The van der Waals surface area contributed by atoms with Crippen LogP contribution in [0.2, 0.25) is 0 Å². The molecule has 3 rings (SSSR count). The number of nitrogens with one attached hydrogen (secondary N) is 1. The van der Waals surface area contributed by atoms with Crippen molar-refractivity contribution in [3.63, 3.8) is 0 Å². The van der Waals surface area contributed by atoms with Crippen molar-refractivity contribution in [2.75, 3.05) is 13.7 Å². The Bertz CT molecular complexity index is 511. The van der Waals surface area contributed by atoms with E-state index in [0.29, 0.717) is 12.1 Å². The number of benzene rings is 1. The Kier molecular flexibility index (Phi) is 4.13. The number of methoxy groups -OCH3 is 1. The third kappa shape index (κ3) is 3.04. The second-order valence-electron chi connectivity index (χ2n) is 5.96. The first-order chi connectivity index (χ1) is 10.1. The second kappa shape index (κ2) is 5.89. The lowest BCUT2D eigenvalue weighted by Crippen LogP contribution is -2.45. The molecule has 0 aromatic heterocycles. The van der Waals surface area contributed by atoms with Crippen molar-refractivity contribution in [2.24, 2.45) is 0 Å². The first kappa shape index (κ1) is 14.7. The van der Waals surface area contributed by atoms with Crippen LogP contribution in [0.15, 0.2) is 12.1 Å². The molecule has 1 unspecified atom stereocenters. The topological polar surface area (TPSA) is 30.5 Å². The third-order valence-electron chi connectivity index (χ3n) is 4.50. The van der Waals surface area contributed by atoms with Crippen molar-refractivity contribution in [1.29, 1.82) is 0 Å². The molecule has 0 radical (unpaired) electrons. The molecule has 5 heteroatoms. The molecule has 1 aromatic carbocycles. The van der Waals surface area contributed by atoms with Crippen LogP contribution < -0.4 is 10.1 Å². The highest BCUT2D eigenvalue weighted by Gasteiger charge is 2.49. The Morgan fingerprint density at radius 3 is 2.76 bits per heavy atom. The van der Waals surface area contributed by atoms with Gasteiger partial charge in [-0.2, -0.15) is 4.39 Å². The van der Waals surface area contributed by atoms with Crippen molar-refractivity contribution in [2.45, 2.75) is 50.3 Å². The molecular weight excluding hydrogens is 276 g/mol. The van der Waals surface area contributed by atoms with Crippen molar-refractivity contribution in [3.05, 3.63) is 29.3 Å². The fourth-order valence-electron chi connectivity index (χ4n) is 3.07. The molecule has 1 saturated carbocycles. The number of rotatable bonds is 5. The van der Waals surface area contributed by atoms with Crippen LogP contribution in [0, 0.1) is 11.6 Å². The summed E-state index contributed by atoms with van der Waals surface area (Å²) in [5.74, 6) is -1.85. The Morgan fingerprint density at radius 1 is 1.33 bits per heavy atom. The van der Waals surface area contributed by atoms with Gasteiger partial charge in [0.1, 0.15) is 0 Å². The molecule has 2 aliphatic rings. The molecule has 3 nitrogen and oxygen atoms in total. The van der Waals surface area contributed by atoms with E-state index in [9.17, 15) is 8.78 Å². The Balaban J connectivity index is 1.66. The Labute approximate surface area is 123 Å². The van der Waals surface area contributed by atoms with Crippen LogP contribution >= 0.6 is 0 Å². The minimum Gasteiger partial charge on any atom is -0.494 e. The molecule has 116 valence electrons. The summed E-state index contributed by atoms with van der Waals surface area (Å²) in [7, 11) is 1.34. The summed E-state index contributed by atoms with van der Waals surface area (Å²) in [6.07, 6.45) is 5.82. The average molecular weight is 297 g/mol. The predicted octanol–water partition coefficient (Wildman–Crippen LogP) is 3.16. The molecule has 1 saturated heterocycles. The third-order valence-corrected chi connectivity index (χ3v) is 4.50. The summed E-state index contributed by atoms with van der Waals surface area (Å²) >= 11 is 0. The van der Waals surface area contributed by atoms with Gasteiger partial charge in [0.05, 0.1) is 13.2 Å². The van der Waals surface area contributed by atoms with Crippen LogP contribution in [0.1, 0.15) is 37.7 Å². The largest absolute Gasteiger partial charge is 0.494 e. The van der Waals surface area contributed by atoms with Crippen LogP contribution in [0.25, 0.3) is 0 Å². The number of ether oxygens (including phenoxy) is 2. The molecule has 21 heavy (non-hydrogen) atoms. The maximum atomic E-state index is 13.5. The lowest BCUT2D eigenvalue weighted by Gasteiger charge is -2.31. The molecule has 1 aliphatic heterocycles. The van der Waals surface area contributed by atoms with E-state index in [4.69, 9.17) is 9.47 Å². The van der Waals surface area contributed by atoms with Gasteiger partial charge in [-0.3, -0.25) is 0 Å². The highest BCUT2D eigenvalue weighted by Crippen LogP contribution is 2.43. The van der Waals surface area contributed by atoms with E-state index in [0.717, 1.165) is 32.3 Å². The summed E-state index contributed by atoms with van der Waals surface area (Å²) < 4.78 is 37.7. The second-order valence-corrected chi connectivity index (χ2v) is 5.96. The van der Waals surface area contributed by atoms with Crippen LogP contribution in [0.4, 0.5) is 8.78 Å². The van der Waals surface area contributed by atoms with E-state index in [-0.39, 0.29) is 17.4 Å². The van der Waals surface area contributed by atoms with Gasteiger partial charge < -0.3 is 14.8 Å². The summed E-state index contributed by atoms with van der Waals surface area (Å²) in [6.45, 7) is 1.32. The summed E-state index contributed by atoms with van der Waals surface area (Å²) in [6, 6.07) is 2.77. The van der Waals surface area contributed by atoms with Gasteiger partial charge >= 0.3 is 0 Å². The molecule has 2 fully saturated rings. The van der Waals surface area contributed by atoms with Gasteiger partial charge in [0, 0.05) is 18.7 Å². The van der Waals surface area contributed by atoms with Gasteiger partial charge in [-0.15, -0.1) is 0 Å². The fraction of sp³-hybridized carbons (Fsp3) is 0.625. The molecule has 1 aliphatic carbocycles. The van der Waals surface area contributed by atoms with Crippen molar-refractivity contribution < 1.29 is 18.3 Å². The minimum atomic E-state index is -0.932. The van der Waals surface area contributed by atoms with Crippen LogP contribution in [-0.2, 0) is 11.3 Å². The quantitative estimate of drug-likeness (QED) is 0.905. The van der Waals surface area contributed by atoms with E-state index in [1.165, 1.54) is 19.6 Å². The summed E-state index contributed by atoms with van der Waals surface area (Å²) in [5, 5.41) is 3.48. The minimum absolute atomic E-state index is 0.0263. The van der Waals surface area contributed by atoms with Gasteiger partial charge in [-0.05, 0) is 49.8 Å². The van der Waals surface area contributed by atoms with E-state index in [2.05, 4.69) is 5.32 Å². The fourth-order valence-corrected chi connectivity index (χ4v) is 3.07. The van der Waals surface area contributed by atoms with E-state index in [1.54, 1.807) is 6.07 Å². The molecule has 1 aromatic rings. The van der Waals surface area contributed by atoms with Crippen LogP contribution in [0.3, 0.4) is 0 Å². The van der Waals surface area contributed by atoms with Gasteiger partial charge in [0.15, 0.2) is 11.6 Å². The highest BCUT2D eigenvalue weighted by molar-refractivity contribution is 5.31. The first-order valence-electron chi connectivity index (χ1n) is 7.53. The molecular formula is C16H21F2NO2. The SMILES string of the molecule is COc1cc(CNC2(C3CCCCO3)CC2)cc(F)c1F.